The molecule has 0 aromatic carbocycles. The Morgan fingerprint density at radius 1 is 1.64 bits per heavy atom. The zero-order valence-electron chi connectivity index (χ0n) is 6.20. The fourth-order valence-electron chi connectivity index (χ4n) is 1.37. The Kier molecular flexibility index (Phi) is 1.51. The molecule has 1 aliphatic heterocycles. The summed E-state index contributed by atoms with van der Waals surface area (Å²) in [4.78, 5) is 0. The van der Waals surface area contributed by atoms with Crippen molar-refractivity contribution in [1.29, 1.82) is 0 Å². The number of nitrogens with two attached hydrogens (primary N) is 1. The molecule has 3 nitrogen and oxygen atoms in total. The van der Waals surface area contributed by atoms with Crippen molar-refractivity contribution in [2.24, 2.45) is 16.8 Å². The van der Waals surface area contributed by atoms with Crippen LogP contribution in [0.25, 0.3) is 0 Å². The van der Waals surface area contributed by atoms with E-state index in [1.54, 1.807) is 0 Å². The van der Waals surface area contributed by atoms with Crippen LogP contribution in [0.4, 0.5) is 0 Å². The second-order valence-electron chi connectivity index (χ2n) is 2.82. The average molecular weight is 149 g/mol. The Labute approximate surface area is 65.7 Å². The van der Waals surface area contributed by atoms with Gasteiger partial charge in [0.2, 0.25) is 0 Å². The molecule has 1 aliphatic carbocycles. The summed E-state index contributed by atoms with van der Waals surface area (Å²) < 4.78 is 0. The lowest BCUT2D eigenvalue weighted by atomic mass is 9.94. The molecule has 2 aliphatic rings. The highest BCUT2D eigenvalue weighted by molar-refractivity contribution is 5.68. The van der Waals surface area contributed by atoms with E-state index in [9.17, 15) is 0 Å². The maximum Gasteiger partial charge on any atom is 0.0739 e. The number of hydrazone groups is 1. The first-order valence-electron chi connectivity index (χ1n) is 3.78. The molecule has 0 aromatic rings. The van der Waals surface area contributed by atoms with Gasteiger partial charge in [-0.15, -0.1) is 0 Å². The van der Waals surface area contributed by atoms with Gasteiger partial charge in [-0.2, -0.15) is 5.10 Å². The lowest BCUT2D eigenvalue weighted by Crippen LogP contribution is -2.27. The summed E-state index contributed by atoms with van der Waals surface area (Å²) >= 11 is 0. The lowest BCUT2D eigenvalue weighted by Gasteiger charge is -2.16. The van der Waals surface area contributed by atoms with E-state index in [1.165, 1.54) is 5.57 Å². The molecule has 2 unspecified atom stereocenters. The van der Waals surface area contributed by atoms with Crippen LogP contribution in [0.2, 0.25) is 0 Å². The number of nitrogens with one attached hydrogen (secondary N) is 1. The summed E-state index contributed by atoms with van der Waals surface area (Å²) in [6, 6.07) is 0.346. The lowest BCUT2D eigenvalue weighted by molar-refractivity contribution is 0.617. The maximum atomic E-state index is 5.50. The van der Waals surface area contributed by atoms with Gasteiger partial charge < -0.3 is 11.2 Å². The summed E-state index contributed by atoms with van der Waals surface area (Å²) in [5.41, 5.74) is 9.69. The van der Waals surface area contributed by atoms with E-state index in [2.05, 4.69) is 28.8 Å². The van der Waals surface area contributed by atoms with Crippen molar-refractivity contribution in [3.63, 3.8) is 0 Å². The molecule has 0 aromatic heterocycles. The van der Waals surface area contributed by atoms with Crippen LogP contribution in [0.15, 0.2) is 28.9 Å². The molecular weight excluding hydrogens is 138 g/mol. The number of nitrogens with zero attached hydrogens (tertiary/aromatic N) is 1. The van der Waals surface area contributed by atoms with E-state index < -0.39 is 0 Å². The van der Waals surface area contributed by atoms with Gasteiger partial charge in [0, 0.05) is 18.7 Å². The zero-order chi connectivity index (χ0) is 7.68. The van der Waals surface area contributed by atoms with Gasteiger partial charge in [0.05, 0.1) is 6.04 Å². The molecule has 0 saturated heterocycles. The molecule has 2 rings (SSSR count). The largest absolute Gasteiger partial charge is 0.327 e. The standard InChI is InChI=1S/C8H11N3/c9-4-6-1-2-7-5-10-11-8(7)3-6/h1-3,5,7-8,11H,4,9H2. The van der Waals surface area contributed by atoms with Crippen LogP contribution in [0.5, 0.6) is 0 Å². The van der Waals surface area contributed by atoms with Gasteiger partial charge in [-0.1, -0.05) is 18.2 Å². The van der Waals surface area contributed by atoms with Crippen molar-refractivity contribution >= 4 is 6.21 Å². The molecule has 0 spiro atoms. The Morgan fingerprint density at radius 2 is 2.55 bits per heavy atom. The van der Waals surface area contributed by atoms with Gasteiger partial charge >= 0.3 is 0 Å². The van der Waals surface area contributed by atoms with Gasteiger partial charge in [-0.3, -0.25) is 0 Å². The molecule has 3 heteroatoms. The van der Waals surface area contributed by atoms with Crippen LogP contribution < -0.4 is 11.2 Å². The second-order valence-corrected chi connectivity index (χ2v) is 2.82. The highest BCUT2D eigenvalue weighted by Gasteiger charge is 2.21. The van der Waals surface area contributed by atoms with Crippen LogP contribution >= 0.6 is 0 Å². The molecule has 0 fully saturated rings. The Balaban J connectivity index is 2.18. The molecule has 0 saturated carbocycles. The molecule has 0 amide bonds. The normalized spacial score (nSPS) is 33.0. The molecule has 0 bridgehead atoms. The van der Waals surface area contributed by atoms with Crippen LogP contribution in [0, 0.1) is 5.92 Å². The van der Waals surface area contributed by atoms with Gasteiger partial charge in [-0.05, 0) is 5.57 Å². The summed E-state index contributed by atoms with van der Waals surface area (Å²) in [6.45, 7) is 0.612. The number of rotatable bonds is 1. The first-order chi connectivity index (χ1) is 5.40. The third kappa shape index (κ3) is 1.07. The monoisotopic (exact) mass is 149 g/mol. The molecule has 11 heavy (non-hydrogen) atoms. The predicted molar refractivity (Wildman–Crippen MR) is 45.2 cm³/mol. The molecule has 1 heterocycles. The fourth-order valence-corrected chi connectivity index (χ4v) is 1.37. The third-order valence-corrected chi connectivity index (χ3v) is 2.05. The second kappa shape index (κ2) is 2.51. The first-order valence-corrected chi connectivity index (χ1v) is 3.78. The van der Waals surface area contributed by atoms with Gasteiger partial charge in [0.15, 0.2) is 0 Å². The summed E-state index contributed by atoms with van der Waals surface area (Å²) in [7, 11) is 0. The Bertz CT molecular complexity index is 240. The van der Waals surface area contributed by atoms with Gasteiger partial charge in [-0.25, -0.2) is 0 Å². The number of fused-ring (bicyclic) bond motifs is 1. The van der Waals surface area contributed by atoms with Crippen molar-refractivity contribution < 1.29 is 0 Å². The highest BCUT2D eigenvalue weighted by atomic mass is 15.3. The quantitative estimate of drug-likeness (QED) is 0.552. The predicted octanol–water partition coefficient (Wildman–Crippen LogP) is 0.0151. The number of hydrogen-bond acceptors (Lipinski definition) is 3. The van der Waals surface area contributed by atoms with Crippen LogP contribution in [0.3, 0.4) is 0 Å². The summed E-state index contributed by atoms with van der Waals surface area (Å²) in [6.07, 6.45) is 8.26. The molecule has 2 atom stereocenters. The molecule has 0 radical (unpaired) electrons. The van der Waals surface area contributed by atoms with E-state index in [-0.39, 0.29) is 0 Å². The van der Waals surface area contributed by atoms with Crippen molar-refractivity contribution in [1.82, 2.24) is 5.43 Å². The van der Waals surface area contributed by atoms with Crippen molar-refractivity contribution in [3.8, 4) is 0 Å². The first kappa shape index (κ1) is 6.61. The van der Waals surface area contributed by atoms with Crippen LogP contribution in [-0.2, 0) is 0 Å². The summed E-state index contributed by atoms with van der Waals surface area (Å²) in [5, 5.41) is 3.98. The minimum Gasteiger partial charge on any atom is -0.327 e. The van der Waals surface area contributed by atoms with Crippen LogP contribution in [-0.4, -0.2) is 18.8 Å². The van der Waals surface area contributed by atoms with E-state index >= 15 is 0 Å². The van der Waals surface area contributed by atoms with Crippen LogP contribution in [0.1, 0.15) is 0 Å². The minimum atomic E-state index is 0.346. The third-order valence-electron chi connectivity index (χ3n) is 2.05. The van der Waals surface area contributed by atoms with Crippen molar-refractivity contribution in [3.05, 3.63) is 23.8 Å². The average Bonchev–Trinajstić information content (AvgIpc) is 2.50. The highest BCUT2D eigenvalue weighted by Crippen LogP contribution is 2.17. The van der Waals surface area contributed by atoms with E-state index in [4.69, 9.17) is 5.73 Å². The number of hydrogen-bond donors (Lipinski definition) is 2. The molecular formula is C8H11N3. The maximum absolute atomic E-state index is 5.50. The molecule has 3 N–H and O–H groups in total. The smallest absolute Gasteiger partial charge is 0.0739 e. The van der Waals surface area contributed by atoms with E-state index in [0.29, 0.717) is 18.5 Å². The van der Waals surface area contributed by atoms with E-state index in [1.807, 2.05) is 6.21 Å². The van der Waals surface area contributed by atoms with Gasteiger partial charge in [0.1, 0.15) is 0 Å². The SMILES string of the molecule is NCC1=CC2NN=CC2C=C1. The van der Waals surface area contributed by atoms with E-state index in [0.717, 1.165) is 0 Å². The van der Waals surface area contributed by atoms with Crippen molar-refractivity contribution in [2.45, 2.75) is 6.04 Å². The Hall–Kier alpha value is -1.09. The zero-order valence-corrected chi connectivity index (χ0v) is 6.20. The Morgan fingerprint density at radius 3 is 3.36 bits per heavy atom. The van der Waals surface area contributed by atoms with Crippen molar-refractivity contribution in [2.75, 3.05) is 6.54 Å². The van der Waals surface area contributed by atoms with Gasteiger partial charge in [0.25, 0.3) is 0 Å². The summed E-state index contributed by atoms with van der Waals surface area (Å²) in [5.74, 6) is 0.435. The minimum absolute atomic E-state index is 0.346. The topological polar surface area (TPSA) is 50.4 Å². The fraction of sp³-hybridized carbons (Fsp3) is 0.375. The molecule has 58 valence electrons.